The van der Waals surface area contributed by atoms with Crippen molar-refractivity contribution >= 4 is 29.3 Å². The van der Waals surface area contributed by atoms with Gasteiger partial charge in [0.1, 0.15) is 5.54 Å². The first-order valence-electron chi connectivity index (χ1n) is 7.15. The number of pyridine rings is 1. The van der Waals surface area contributed by atoms with Crippen LogP contribution in [-0.4, -0.2) is 33.4 Å². The minimum Gasteiger partial charge on any atom is -0.480 e. The molecule has 1 aromatic heterocycles. The normalized spacial score (nSPS) is 14.1. The van der Waals surface area contributed by atoms with Crippen LogP contribution in [0.5, 0.6) is 0 Å². The van der Waals surface area contributed by atoms with Crippen molar-refractivity contribution in [3.63, 3.8) is 0 Å². The quantitative estimate of drug-likeness (QED) is 0.532. The number of aliphatic carboxylic acids is 1. The van der Waals surface area contributed by atoms with Gasteiger partial charge in [-0.1, -0.05) is 18.5 Å². The van der Waals surface area contributed by atoms with Crippen molar-refractivity contribution in [3.05, 3.63) is 23.4 Å². The zero-order valence-electron chi connectivity index (χ0n) is 12.7. The van der Waals surface area contributed by atoms with E-state index in [1.807, 2.05) is 32.9 Å². The topological polar surface area (TPSA) is 62.2 Å². The van der Waals surface area contributed by atoms with Gasteiger partial charge in [-0.2, -0.15) is 0 Å². The predicted molar refractivity (Wildman–Crippen MR) is 88.1 cm³/mol. The Kier molecular flexibility index (Phi) is 7.49. The standard InChI is InChI=1S/C15H23ClN2O2S/c1-4-15(14(19)20,18-11(2)3)8-5-9-21-13-7-6-12(16)10-17-13/h6-7,10-11,18H,4-5,8-9H2,1-3H3,(H,19,20). The molecule has 0 spiro atoms. The molecule has 4 nitrogen and oxygen atoms in total. The van der Waals surface area contributed by atoms with E-state index in [0.29, 0.717) is 17.9 Å². The lowest BCUT2D eigenvalue weighted by atomic mass is 9.90. The molecule has 1 unspecified atom stereocenters. The lowest BCUT2D eigenvalue weighted by molar-refractivity contribution is -0.145. The molecule has 0 aliphatic carbocycles. The Morgan fingerprint density at radius 2 is 2.24 bits per heavy atom. The molecule has 0 aliphatic rings. The van der Waals surface area contributed by atoms with Crippen molar-refractivity contribution in [1.29, 1.82) is 0 Å². The number of carboxylic acid groups (broad SMARTS) is 1. The molecule has 0 aliphatic heterocycles. The van der Waals surface area contributed by atoms with Gasteiger partial charge in [-0.05, 0) is 51.0 Å². The Balaban J connectivity index is 2.50. The smallest absolute Gasteiger partial charge is 0.323 e. The summed E-state index contributed by atoms with van der Waals surface area (Å²) in [6.07, 6.45) is 3.62. The minimum absolute atomic E-state index is 0.145. The van der Waals surface area contributed by atoms with Crippen LogP contribution < -0.4 is 5.32 Å². The molecule has 2 N–H and O–H groups in total. The zero-order valence-corrected chi connectivity index (χ0v) is 14.3. The van der Waals surface area contributed by atoms with Gasteiger partial charge in [0, 0.05) is 12.2 Å². The van der Waals surface area contributed by atoms with E-state index < -0.39 is 11.5 Å². The van der Waals surface area contributed by atoms with Crippen LogP contribution in [0.1, 0.15) is 40.0 Å². The Bertz CT molecular complexity index is 453. The Hall–Kier alpha value is -0.780. The van der Waals surface area contributed by atoms with E-state index in [2.05, 4.69) is 10.3 Å². The molecule has 0 bridgehead atoms. The molecule has 0 amide bonds. The van der Waals surface area contributed by atoms with E-state index in [-0.39, 0.29) is 6.04 Å². The van der Waals surface area contributed by atoms with Gasteiger partial charge < -0.3 is 5.11 Å². The second kappa shape index (κ2) is 8.61. The highest BCUT2D eigenvalue weighted by Gasteiger charge is 2.36. The maximum absolute atomic E-state index is 11.6. The number of carbonyl (C=O) groups is 1. The van der Waals surface area contributed by atoms with Crippen LogP contribution in [0, 0.1) is 0 Å². The minimum atomic E-state index is -0.831. The molecule has 0 aromatic carbocycles. The first-order chi connectivity index (χ1) is 9.89. The third-order valence-corrected chi connectivity index (χ3v) is 4.53. The highest BCUT2D eigenvalue weighted by atomic mass is 35.5. The summed E-state index contributed by atoms with van der Waals surface area (Å²) in [6, 6.07) is 3.83. The van der Waals surface area contributed by atoms with Gasteiger partial charge in [0.05, 0.1) is 10.0 Å². The number of rotatable bonds is 9. The molecule has 1 atom stereocenters. The van der Waals surface area contributed by atoms with E-state index in [1.54, 1.807) is 18.0 Å². The fraction of sp³-hybridized carbons (Fsp3) is 0.600. The molecule has 0 saturated heterocycles. The van der Waals surface area contributed by atoms with Gasteiger partial charge in [0.2, 0.25) is 0 Å². The summed E-state index contributed by atoms with van der Waals surface area (Å²) in [5, 5.41) is 14.3. The average Bonchev–Trinajstić information content (AvgIpc) is 2.43. The number of aromatic nitrogens is 1. The van der Waals surface area contributed by atoms with Crippen LogP contribution in [0.25, 0.3) is 0 Å². The first-order valence-corrected chi connectivity index (χ1v) is 8.51. The molecule has 6 heteroatoms. The van der Waals surface area contributed by atoms with Crippen molar-refractivity contribution in [1.82, 2.24) is 10.3 Å². The Morgan fingerprint density at radius 3 is 2.71 bits per heavy atom. The van der Waals surface area contributed by atoms with Crippen LogP contribution in [-0.2, 0) is 4.79 Å². The number of hydrogen-bond donors (Lipinski definition) is 2. The summed E-state index contributed by atoms with van der Waals surface area (Å²) in [6.45, 7) is 5.86. The molecule has 1 aromatic rings. The summed E-state index contributed by atoms with van der Waals surface area (Å²) >= 11 is 7.41. The predicted octanol–water partition coefficient (Wildman–Crippen LogP) is 3.84. The summed E-state index contributed by atoms with van der Waals surface area (Å²) in [4.78, 5) is 15.8. The van der Waals surface area contributed by atoms with E-state index in [9.17, 15) is 9.90 Å². The van der Waals surface area contributed by atoms with Crippen LogP contribution in [0.2, 0.25) is 5.02 Å². The van der Waals surface area contributed by atoms with Gasteiger partial charge in [-0.15, -0.1) is 11.8 Å². The SMILES string of the molecule is CCC(CCCSc1ccc(Cl)cn1)(NC(C)C)C(=O)O. The number of thioether (sulfide) groups is 1. The molecule has 21 heavy (non-hydrogen) atoms. The first kappa shape index (κ1) is 18.3. The maximum Gasteiger partial charge on any atom is 0.323 e. The molecule has 0 saturated carbocycles. The number of nitrogens with zero attached hydrogens (tertiary/aromatic N) is 1. The van der Waals surface area contributed by atoms with Gasteiger partial charge in [0.25, 0.3) is 0 Å². The zero-order chi connectivity index (χ0) is 15.9. The number of carboxylic acids is 1. The largest absolute Gasteiger partial charge is 0.480 e. The van der Waals surface area contributed by atoms with Gasteiger partial charge in [-0.3, -0.25) is 10.1 Å². The monoisotopic (exact) mass is 330 g/mol. The van der Waals surface area contributed by atoms with E-state index in [0.717, 1.165) is 17.2 Å². The number of hydrogen-bond acceptors (Lipinski definition) is 4. The Morgan fingerprint density at radius 1 is 1.52 bits per heavy atom. The fourth-order valence-corrected chi connectivity index (χ4v) is 3.12. The van der Waals surface area contributed by atoms with Crippen LogP contribution in [0.3, 0.4) is 0 Å². The average molecular weight is 331 g/mol. The van der Waals surface area contributed by atoms with Crippen LogP contribution in [0.15, 0.2) is 23.4 Å². The molecule has 0 radical (unpaired) electrons. The lowest BCUT2D eigenvalue weighted by Gasteiger charge is -2.31. The molecule has 1 rings (SSSR count). The van der Waals surface area contributed by atoms with E-state index >= 15 is 0 Å². The van der Waals surface area contributed by atoms with E-state index in [4.69, 9.17) is 11.6 Å². The highest BCUT2D eigenvalue weighted by Crippen LogP contribution is 2.23. The number of nitrogens with one attached hydrogen (secondary N) is 1. The van der Waals surface area contributed by atoms with Crippen molar-refractivity contribution in [2.45, 2.75) is 56.6 Å². The summed E-state index contributed by atoms with van der Waals surface area (Å²) in [5.74, 6) is 0.0667. The highest BCUT2D eigenvalue weighted by molar-refractivity contribution is 7.99. The van der Waals surface area contributed by atoms with Crippen LogP contribution in [0.4, 0.5) is 0 Å². The lowest BCUT2D eigenvalue weighted by Crippen LogP contribution is -2.54. The second-order valence-electron chi connectivity index (χ2n) is 5.31. The number of halogens is 1. The van der Waals surface area contributed by atoms with Crippen molar-refractivity contribution in [2.24, 2.45) is 0 Å². The molecule has 0 fully saturated rings. The van der Waals surface area contributed by atoms with Gasteiger partial charge >= 0.3 is 5.97 Å². The molecule has 1 heterocycles. The van der Waals surface area contributed by atoms with Gasteiger partial charge in [-0.25, -0.2) is 4.98 Å². The van der Waals surface area contributed by atoms with Gasteiger partial charge in [0.15, 0.2) is 0 Å². The second-order valence-corrected chi connectivity index (χ2v) is 6.86. The van der Waals surface area contributed by atoms with Crippen LogP contribution >= 0.6 is 23.4 Å². The maximum atomic E-state index is 11.6. The molecular formula is C15H23ClN2O2S. The summed E-state index contributed by atoms with van der Waals surface area (Å²) < 4.78 is 0. The van der Waals surface area contributed by atoms with Crippen molar-refractivity contribution in [3.8, 4) is 0 Å². The summed E-state index contributed by atoms with van der Waals surface area (Å²) in [7, 11) is 0. The third-order valence-electron chi connectivity index (χ3n) is 3.28. The van der Waals surface area contributed by atoms with E-state index in [1.165, 1.54) is 0 Å². The summed E-state index contributed by atoms with van der Waals surface area (Å²) in [5.41, 5.74) is -0.831. The van der Waals surface area contributed by atoms with Crippen molar-refractivity contribution in [2.75, 3.05) is 5.75 Å². The Labute approximate surface area is 135 Å². The molecule has 118 valence electrons. The third kappa shape index (κ3) is 5.85. The fourth-order valence-electron chi connectivity index (χ4n) is 2.22. The van der Waals surface area contributed by atoms with Crippen molar-refractivity contribution < 1.29 is 9.90 Å². The molecular weight excluding hydrogens is 308 g/mol.